The molecule has 0 aromatic carbocycles. The van der Waals surface area contributed by atoms with E-state index >= 15 is 0 Å². The smallest absolute Gasteiger partial charge is 0.237 e. The van der Waals surface area contributed by atoms with Crippen LogP contribution in [0.3, 0.4) is 0 Å². The van der Waals surface area contributed by atoms with Gasteiger partial charge in [0.05, 0.1) is 11.2 Å². The lowest BCUT2D eigenvalue weighted by Crippen LogP contribution is -2.34. The molecule has 0 aliphatic carbocycles. The molecule has 3 heterocycles. The molecule has 2 aliphatic heterocycles. The molecule has 130 valence electrons. The summed E-state index contributed by atoms with van der Waals surface area (Å²) in [5, 5.41) is 4.79. The maximum Gasteiger partial charge on any atom is 0.237 e. The highest BCUT2D eigenvalue weighted by Gasteiger charge is 2.38. The van der Waals surface area contributed by atoms with Crippen molar-refractivity contribution in [2.75, 3.05) is 6.54 Å². The molecular formula is C17H22ClFN4O. The van der Waals surface area contributed by atoms with Crippen molar-refractivity contribution in [2.45, 2.75) is 46.5 Å². The lowest BCUT2D eigenvalue weighted by Gasteiger charge is -2.29. The van der Waals surface area contributed by atoms with Gasteiger partial charge >= 0.3 is 0 Å². The van der Waals surface area contributed by atoms with E-state index in [4.69, 9.17) is 21.3 Å². The molecule has 0 radical (unpaired) electrons. The number of halogens is 2. The van der Waals surface area contributed by atoms with E-state index in [1.54, 1.807) is 7.05 Å². The molecule has 7 heteroatoms. The summed E-state index contributed by atoms with van der Waals surface area (Å²) in [5.74, 6) is 1.16. The maximum atomic E-state index is 13.3. The van der Waals surface area contributed by atoms with Gasteiger partial charge in [-0.2, -0.15) is 5.10 Å². The molecule has 0 bridgehead atoms. The molecule has 0 fully saturated rings. The van der Waals surface area contributed by atoms with Crippen LogP contribution in [0.15, 0.2) is 22.2 Å². The highest BCUT2D eigenvalue weighted by atomic mass is 35.5. The third kappa shape index (κ3) is 2.73. The van der Waals surface area contributed by atoms with Gasteiger partial charge in [-0.1, -0.05) is 17.7 Å². The summed E-state index contributed by atoms with van der Waals surface area (Å²) in [7, 11) is 1.69. The second-order valence-electron chi connectivity index (χ2n) is 6.95. The van der Waals surface area contributed by atoms with Crippen LogP contribution in [0, 0.1) is 0 Å². The van der Waals surface area contributed by atoms with Crippen molar-refractivity contribution >= 4 is 23.1 Å². The number of aryl methyl sites for hydroxylation is 1. The van der Waals surface area contributed by atoms with Gasteiger partial charge in [0.2, 0.25) is 12.2 Å². The molecule has 1 aromatic heterocycles. The molecule has 2 aliphatic rings. The molecule has 0 saturated carbocycles. The van der Waals surface area contributed by atoms with E-state index in [0.29, 0.717) is 10.7 Å². The largest absolute Gasteiger partial charge is 0.442 e. The third-order valence-electron chi connectivity index (χ3n) is 4.08. The van der Waals surface area contributed by atoms with Crippen LogP contribution in [-0.2, 0) is 7.05 Å². The van der Waals surface area contributed by atoms with Crippen LogP contribution in [-0.4, -0.2) is 39.0 Å². The minimum absolute atomic E-state index is 0.186. The summed E-state index contributed by atoms with van der Waals surface area (Å²) in [6.07, 6.45) is 0.618. The van der Waals surface area contributed by atoms with Crippen LogP contribution in [0.2, 0.25) is 5.02 Å². The lowest BCUT2D eigenvalue weighted by atomic mass is 10.0. The van der Waals surface area contributed by atoms with Gasteiger partial charge in [-0.25, -0.2) is 9.07 Å². The maximum absolute atomic E-state index is 13.3. The molecule has 0 N–H and O–H groups in total. The van der Waals surface area contributed by atoms with E-state index < -0.39 is 6.36 Å². The van der Waals surface area contributed by atoms with E-state index in [9.17, 15) is 4.39 Å². The predicted octanol–water partition coefficient (Wildman–Crippen LogP) is 3.95. The Kier molecular flexibility index (Phi) is 3.98. The van der Waals surface area contributed by atoms with Crippen LogP contribution in [0.25, 0.3) is 5.70 Å². The van der Waals surface area contributed by atoms with Crippen LogP contribution in [0.1, 0.15) is 40.3 Å². The zero-order valence-electron chi connectivity index (χ0n) is 14.8. The van der Waals surface area contributed by atoms with Gasteiger partial charge in [-0.3, -0.25) is 4.99 Å². The van der Waals surface area contributed by atoms with Gasteiger partial charge in [-0.05, 0) is 38.8 Å². The molecule has 0 amide bonds. The molecule has 1 unspecified atom stereocenters. The average Bonchev–Trinajstić information content (AvgIpc) is 2.90. The Morgan fingerprint density at radius 1 is 1.38 bits per heavy atom. The van der Waals surface area contributed by atoms with Gasteiger partial charge in [0, 0.05) is 20.5 Å². The predicted molar refractivity (Wildman–Crippen MR) is 94.0 cm³/mol. The summed E-state index contributed by atoms with van der Waals surface area (Å²) in [4.78, 5) is 6.95. The summed E-state index contributed by atoms with van der Waals surface area (Å²) in [6.45, 7) is 10.3. The monoisotopic (exact) mass is 352 g/mol. The number of hydrogen-bond donors (Lipinski definition) is 0. The first-order chi connectivity index (χ1) is 11.1. The summed E-state index contributed by atoms with van der Waals surface area (Å²) in [6, 6.07) is 0. The number of nitrogens with zero attached hydrogens (tertiary/aromatic N) is 4. The highest BCUT2D eigenvalue weighted by Crippen LogP contribution is 2.41. The van der Waals surface area contributed by atoms with E-state index in [2.05, 4.69) is 29.9 Å². The van der Waals surface area contributed by atoms with Gasteiger partial charge in [0.15, 0.2) is 0 Å². The first-order valence-corrected chi connectivity index (χ1v) is 8.29. The fourth-order valence-electron chi connectivity index (χ4n) is 3.23. The van der Waals surface area contributed by atoms with E-state index in [-0.39, 0.29) is 11.4 Å². The molecule has 5 nitrogen and oxygen atoms in total. The van der Waals surface area contributed by atoms with E-state index in [1.807, 2.05) is 13.8 Å². The lowest BCUT2D eigenvalue weighted by molar-refractivity contribution is 0.0763. The molecule has 0 saturated heterocycles. The summed E-state index contributed by atoms with van der Waals surface area (Å²) in [5.41, 5.74) is 3.45. The van der Waals surface area contributed by atoms with Crippen molar-refractivity contribution in [3.8, 4) is 5.88 Å². The number of allylic oxidation sites excluding steroid dienone is 2. The van der Waals surface area contributed by atoms with Gasteiger partial charge in [-0.15, -0.1) is 0 Å². The van der Waals surface area contributed by atoms with Crippen LogP contribution in [0.5, 0.6) is 5.88 Å². The number of fused-ring (bicyclic) bond motifs is 1. The summed E-state index contributed by atoms with van der Waals surface area (Å²) >= 11 is 6.47. The Morgan fingerprint density at radius 3 is 2.67 bits per heavy atom. The van der Waals surface area contributed by atoms with Gasteiger partial charge in [0.25, 0.3) is 0 Å². The van der Waals surface area contributed by atoms with Crippen molar-refractivity contribution in [1.82, 2.24) is 14.7 Å². The Labute approximate surface area is 146 Å². The van der Waals surface area contributed by atoms with Crippen LogP contribution >= 0.6 is 11.6 Å². The Hall–Kier alpha value is -1.82. The fourth-order valence-corrected chi connectivity index (χ4v) is 3.53. The SMILES string of the molecule is CC1=CC(C)=C(c2nn(C)c(OC(C)F)c2Cl)N2CC(C)(C)N=C12. The molecule has 0 spiro atoms. The standard InChI is InChI=1S/C17H22ClFN4O/c1-9-7-10(2)15-20-17(4,5)8-23(15)14(9)13-12(18)16(22(6)21-13)24-11(3)19/h7,11H,8H2,1-6H3. The number of ether oxygens (including phenoxy) is 1. The normalized spacial score (nSPS) is 20.8. The molecule has 1 aromatic rings. The Morgan fingerprint density at radius 2 is 2.04 bits per heavy atom. The second-order valence-corrected chi connectivity index (χ2v) is 7.32. The minimum Gasteiger partial charge on any atom is -0.442 e. The average molecular weight is 353 g/mol. The zero-order chi connectivity index (χ0) is 17.8. The number of hydrogen-bond acceptors (Lipinski definition) is 4. The summed E-state index contributed by atoms with van der Waals surface area (Å²) < 4.78 is 19.9. The van der Waals surface area contributed by atoms with Gasteiger partial charge in [0.1, 0.15) is 16.6 Å². The first kappa shape index (κ1) is 17.0. The van der Waals surface area contributed by atoms with E-state index in [1.165, 1.54) is 11.6 Å². The quantitative estimate of drug-likeness (QED) is 0.827. The minimum atomic E-state index is -1.46. The molecule has 3 rings (SSSR count). The van der Waals surface area contributed by atoms with E-state index in [0.717, 1.165) is 29.2 Å². The fraction of sp³-hybridized carbons (Fsp3) is 0.529. The van der Waals surface area contributed by atoms with Crippen molar-refractivity contribution in [3.05, 3.63) is 27.9 Å². The third-order valence-corrected chi connectivity index (χ3v) is 4.42. The van der Waals surface area contributed by atoms with Crippen molar-refractivity contribution in [2.24, 2.45) is 12.0 Å². The Bertz CT molecular complexity index is 789. The number of amidine groups is 1. The number of aromatic nitrogens is 2. The molecule has 1 atom stereocenters. The second kappa shape index (κ2) is 5.62. The first-order valence-electron chi connectivity index (χ1n) is 7.91. The number of aliphatic imine (C=N–C) groups is 1. The molecular weight excluding hydrogens is 331 g/mol. The van der Waals surface area contributed by atoms with Crippen LogP contribution < -0.4 is 4.74 Å². The molecule has 24 heavy (non-hydrogen) atoms. The topological polar surface area (TPSA) is 42.6 Å². The van der Waals surface area contributed by atoms with Gasteiger partial charge < -0.3 is 9.64 Å². The number of rotatable bonds is 3. The van der Waals surface area contributed by atoms with Crippen molar-refractivity contribution < 1.29 is 9.13 Å². The van der Waals surface area contributed by atoms with Crippen LogP contribution in [0.4, 0.5) is 4.39 Å². The van der Waals surface area contributed by atoms with Crippen molar-refractivity contribution in [1.29, 1.82) is 0 Å². The highest BCUT2D eigenvalue weighted by molar-refractivity contribution is 6.33. The van der Waals surface area contributed by atoms with Crippen molar-refractivity contribution in [3.63, 3.8) is 0 Å². The number of alkyl halides is 1. The zero-order valence-corrected chi connectivity index (χ0v) is 15.6. The Balaban J connectivity index is 2.13.